The standard InChI is InChI=1S/C16H17ClO2S/c1-19-14-6-5-10(17)9-13(14)16(18)12-3-2-4-15-11(12)7-8-20-15/h5-9,12,16,18H,2-4H2,1H3. The van der Waals surface area contributed by atoms with Crippen LogP contribution in [0, 0.1) is 0 Å². The zero-order valence-electron chi connectivity index (χ0n) is 11.3. The molecule has 2 atom stereocenters. The van der Waals surface area contributed by atoms with E-state index in [0.717, 1.165) is 24.8 Å². The molecule has 2 aromatic rings. The number of methoxy groups -OCH3 is 1. The number of rotatable bonds is 3. The zero-order chi connectivity index (χ0) is 14.1. The van der Waals surface area contributed by atoms with E-state index in [1.54, 1.807) is 24.5 Å². The summed E-state index contributed by atoms with van der Waals surface area (Å²) in [5.41, 5.74) is 2.07. The van der Waals surface area contributed by atoms with Crippen LogP contribution in [0.2, 0.25) is 5.02 Å². The average Bonchev–Trinajstić information content (AvgIpc) is 2.94. The molecule has 0 aliphatic heterocycles. The molecule has 2 unspecified atom stereocenters. The van der Waals surface area contributed by atoms with E-state index < -0.39 is 6.10 Å². The van der Waals surface area contributed by atoms with Crippen molar-refractivity contribution < 1.29 is 9.84 Å². The number of benzene rings is 1. The average molecular weight is 309 g/mol. The molecule has 0 fully saturated rings. The fraction of sp³-hybridized carbons (Fsp3) is 0.375. The van der Waals surface area contributed by atoms with Gasteiger partial charge in [0.1, 0.15) is 5.75 Å². The lowest BCUT2D eigenvalue weighted by molar-refractivity contribution is 0.133. The Balaban J connectivity index is 1.98. The SMILES string of the molecule is COc1ccc(Cl)cc1C(O)C1CCCc2sccc21. The first kappa shape index (κ1) is 13.9. The lowest BCUT2D eigenvalue weighted by Gasteiger charge is -2.28. The number of halogens is 1. The van der Waals surface area contributed by atoms with Crippen LogP contribution in [-0.2, 0) is 6.42 Å². The van der Waals surface area contributed by atoms with Crippen LogP contribution < -0.4 is 4.74 Å². The molecule has 2 nitrogen and oxygen atoms in total. The van der Waals surface area contributed by atoms with Crippen molar-refractivity contribution in [2.75, 3.05) is 7.11 Å². The number of hydrogen-bond donors (Lipinski definition) is 1. The number of hydrogen-bond acceptors (Lipinski definition) is 3. The predicted molar refractivity (Wildman–Crippen MR) is 83.0 cm³/mol. The summed E-state index contributed by atoms with van der Waals surface area (Å²) in [5, 5.41) is 13.6. The number of ether oxygens (including phenoxy) is 1. The Labute approximate surface area is 128 Å². The van der Waals surface area contributed by atoms with Gasteiger partial charge in [-0.05, 0) is 54.5 Å². The second-order valence-corrected chi connectivity index (χ2v) is 6.57. The van der Waals surface area contributed by atoms with Gasteiger partial charge in [0.2, 0.25) is 0 Å². The highest BCUT2D eigenvalue weighted by Crippen LogP contribution is 2.44. The number of aliphatic hydroxyl groups excluding tert-OH is 1. The maximum Gasteiger partial charge on any atom is 0.124 e. The Hall–Kier alpha value is -1.03. The molecule has 0 radical (unpaired) electrons. The van der Waals surface area contributed by atoms with Gasteiger partial charge in [-0.3, -0.25) is 0 Å². The molecule has 0 spiro atoms. The Morgan fingerprint density at radius 1 is 1.40 bits per heavy atom. The summed E-state index contributed by atoms with van der Waals surface area (Å²) in [7, 11) is 1.62. The van der Waals surface area contributed by atoms with Crippen LogP contribution in [0.1, 0.15) is 40.9 Å². The number of aryl methyl sites for hydroxylation is 1. The zero-order valence-corrected chi connectivity index (χ0v) is 12.9. The second kappa shape index (κ2) is 5.76. The van der Waals surface area contributed by atoms with Crippen LogP contribution in [0.25, 0.3) is 0 Å². The van der Waals surface area contributed by atoms with Gasteiger partial charge in [0.25, 0.3) is 0 Å². The quantitative estimate of drug-likeness (QED) is 0.900. The van der Waals surface area contributed by atoms with Crippen LogP contribution in [0.3, 0.4) is 0 Å². The molecular weight excluding hydrogens is 292 g/mol. The summed E-state index contributed by atoms with van der Waals surface area (Å²) in [5.74, 6) is 0.835. The fourth-order valence-electron chi connectivity index (χ4n) is 3.00. The Morgan fingerprint density at radius 2 is 2.25 bits per heavy atom. The smallest absolute Gasteiger partial charge is 0.124 e. The van der Waals surface area contributed by atoms with Crippen molar-refractivity contribution in [3.63, 3.8) is 0 Å². The predicted octanol–water partition coefficient (Wildman–Crippen LogP) is 4.56. The molecule has 106 valence electrons. The van der Waals surface area contributed by atoms with E-state index in [9.17, 15) is 5.11 Å². The minimum absolute atomic E-state index is 0.136. The van der Waals surface area contributed by atoms with E-state index in [1.165, 1.54) is 10.4 Å². The van der Waals surface area contributed by atoms with Gasteiger partial charge >= 0.3 is 0 Å². The van der Waals surface area contributed by atoms with Gasteiger partial charge in [-0.2, -0.15) is 0 Å². The number of aliphatic hydroxyl groups is 1. The van der Waals surface area contributed by atoms with Gasteiger partial charge in [0.05, 0.1) is 13.2 Å². The van der Waals surface area contributed by atoms with Crippen molar-refractivity contribution in [2.24, 2.45) is 0 Å². The third kappa shape index (κ3) is 2.46. The minimum atomic E-state index is -0.572. The highest BCUT2D eigenvalue weighted by atomic mass is 35.5. The molecule has 1 N–H and O–H groups in total. The van der Waals surface area contributed by atoms with Crippen LogP contribution in [0.4, 0.5) is 0 Å². The highest BCUT2D eigenvalue weighted by molar-refractivity contribution is 7.10. The van der Waals surface area contributed by atoms with E-state index in [2.05, 4.69) is 11.4 Å². The van der Waals surface area contributed by atoms with Gasteiger partial charge in [0.15, 0.2) is 0 Å². The first-order chi connectivity index (χ1) is 9.70. The third-order valence-corrected chi connectivity index (χ3v) is 5.22. The van der Waals surface area contributed by atoms with Crippen molar-refractivity contribution in [1.29, 1.82) is 0 Å². The fourth-order valence-corrected chi connectivity index (χ4v) is 4.18. The maximum absolute atomic E-state index is 10.8. The van der Waals surface area contributed by atoms with E-state index in [1.807, 2.05) is 12.1 Å². The molecular formula is C16H17ClO2S. The first-order valence-electron chi connectivity index (χ1n) is 6.78. The first-order valence-corrected chi connectivity index (χ1v) is 8.04. The molecule has 1 heterocycles. The Bertz CT molecular complexity index is 608. The maximum atomic E-state index is 10.8. The lowest BCUT2D eigenvalue weighted by Crippen LogP contribution is -2.16. The van der Waals surface area contributed by atoms with Crippen LogP contribution in [0.15, 0.2) is 29.6 Å². The van der Waals surface area contributed by atoms with Crippen LogP contribution in [-0.4, -0.2) is 12.2 Å². The molecule has 4 heteroatoms. The largest absolute Gasteiger partial charge is 0.496 e. The highest BCUT2D eigenvalue weighted by Gasteiger charge is 2.30. The molecule has 0 bridgehead atoms. The third-order valence-electron chi connectivity index (χ3n) is 3.99. The lowest BCUT2D eigenvalue weighted by atomic mass is 9.81. The Kier molecular flexibility index (Phi) is 4.01. The van der Waals surface area contributed by atoms with Gasteiger partial charge < -0.3 is 9.84 Å². The number of thiophene rings is 1. The molecule has 0 amide bonds. The van der Waals surface area contributed by atoms with E-state index >= 15 is 0 Å². The van der Waals surface area contributed by atoms with E-state index in [-0.39, 0.29) is 5.92 Å². The molecule has 1 aliphatic rings. The normalized spacial score (nSPS) is 19.4. The molecule has 20 heavy (non-hydrogen) atoms. The topological polar surface area (TPSA) is 29.5 Å². The summed E-state index contributed by atoms with van der Waals surface area (Å²) in [6, 6.07) is 7.56. The van der Waals surface area contributed by atoms with E-state index in [0.29, 0.717) is 10.8 Å². The summed E-state index contributed by atoms with van der Waals surface area (Å²) < 4.78 is 5.37. The molecule has 1 aromatic carbocycles. The summed E-state index contributed by atoms with van der Waals surface area (Å²) in [6.45, 7) is 0. The monoisotopic (exact) mass is 308 g/mol. The molecule has 1 aliphatic carbocycles. The van der Waals surface area contributed by atoms with Crippen molar-refractivity contribution >= 4 is 22.9 Å². The van der Waals surface area contributed by atoms with Gasteiger partial charge in [-0.1, -0.05) is 11.6 Å². The molecule has 0 saturated carbocycles. The summed E-state index contributed by atoms with van der Waals surface area (Å²) >= 11 is 7.86. The number of fused-ring (bicyclic) bond motifs is 1. The summed E-state index contributed by atoms with van der Waals surface area (Å²) in [6.07, 6.45) is 2.68. The second-order valence-electron chi connectivity index (χ2n) is 5.13. The van der Waals surface area contributed by atoms with Gasteiger partial charge in [0, 0.05) is 21.4 Å². The molecule has 1 aromatic heterocycles. The summed E-state index contributed by atoms with van der Waals surface area (Å²) in [4.78, 5) is 1.40. The minimum Gasteiger partial charge on any atom is -0.496 e. The van der Waals surface area contributed by atoms with Crippen LogP contribution >= 0.6 is 22.9 Å². The van der Waals surface area contributed by atoms with E-state index in [4.69, 9.17) is 16.3 Å². The molecule has 0 saturated heterocycles. The van der Waals surface area contributed by atoms with Crippen molar-refractivity contribution in [2.45, 2.75) is 31.3 Å². The van der Waals surface area contributed by atoms with Gasteiger partial charge in [-0.25, -0.2) is 0 Å². The Morgan fingerprint density at radius 3 is 3.05 bits per heavy atom. The van der Waals surface area contributed by atoms with Crippen LogP contribution in [0.5, 0.6) is 5.75 Å². The van der Waals surface area contributed by atoms with Gasteiger partial charge in [-0.15, -0.1) is 11.3 Å². The van der Waals surface area contributed by atoms with Crippen molar-refractivity contribution in [1.82, 2.24) is 0 Å². The van der Waals surface area contributed by atoms with Crippen molar-refractivity contribution in [3.05, 3.63) is 50.7 Å². The van der Waals surface area contributed by atoms with Crippen molar-refractivity contribution in [3.8, 4) is 5.75 Å². The molecule has 3 rings (SSSR count).